The highest BCUT2D eigenvalue weighted by atomic mass is 79.9. The van der Waals surface area contributed by atoms with Gasteiger partial charge in [-0.05, 0) is 52.4 Å². The van der Waals surface area contributed by atoms with Gasteiger partial charge in [-0.3, -0.25) is 0 Å². The summed E-state index contributed by atoms with van der Waals surface area (Å²) in [7, 11) is 0. The minimum Gasteiger partial charge on any atom is -0.389 e. The van der Waals surface area contributed by atoms with E-state index in [1.165, 1.54) is 12.5 Å². The summed E-state index contributed by atoms with van der Waals surface area (Å²) in [4.78, 5) is 0. The first-order valence-electron chi connectivity index (χ1n) is 6.85. The fourth-order valence-corrected chi connectivity index (χ4v) is 3.13. The molecular weight excluding hydrogens is 309 g/mol. The molecule has 2 nitrogen and oxygen atoms in total. The first-order valence-corrected chi connectivity index (χ1v) is 7.65. The highest BCUT2D eigenvalue weighted by Gasteiger charge is 2.31. The lowest BCUT2D eigenvalue weighted by Crippen LogP contribution is -2.43. The van der Waals surface area contributed by atoms with Crippen molar-refractivity contribution in [1.29, 1.82) is 0 Å². The first kappa shape index (κ1) is 14.9. The fraction of sp³-hybridized carbons (Fsp3) is 0.600. The highest BCUT2D eigenvalue weighted by Crippen LogP contribution is 2.31. The summed E-state index contributed by atoms with van der Waals surface area (Å²) < 4.78 is 13.8. The van der Waals surface area contributed by atoms with Crippen LogP contribution in [0.4, 0.5) is 4.39 Å². The van der Waals surface area contributed by atoms with Crippen LogP contribution >= 0.6 is 15.9 Å². The van der Waals surface area contributed by atoms with Crippen molar-refractivity contribution < 1.29 is 9.50 Å². The van der Waals surface area contributed by atoms with Gasteiger partial charge in [0.05, 0.1) is 10.1 Å². The molecular formula is C15H21BrFNO. The Balaban J connectivity index is 1.84. The molecule has 1 aliphatic rings. The van der Waals surface area contributed by atoms with E-state index in [2.05, 4.69) is 28.2 Å². The Labute approximate surface area is 122 Å². The molecule has 2 unspecified atom stereocenters. The molecule has 0 heterocycles. The van der Waals surface area contributed by atoms with Gasteiger partial charge >= 0.3 is 0 Å². The third kappa shape index (κ3) is 4.26. The fourth-order valence-electron chi connectivity index (χ4n) is 2.88. The number of hydrogen-bond donors (Lipinski definition) is 2. The van der Waals surface area contributed by atoms with Gasteiger partial charge in [0.1, 0.15) is 5.82 Å². The van der Waals surface area contributed by atoms with Crippen molar-refractivity contribution in [3.8, 4) is 0 Å². The summed E-state index contributed by atoms with van der Waals surface area (Å²) in [6, 6.07) is 5.11. The van der Waals surface area contributed by atoms with Crippen LogP contribution in [0, 0.1) is 11.7 Å². The van der Waals surface area contributed by atoms with E-state index in [0.29, 0.717) is 23.5 Å². The molecule has 0 aliphatic heterocycles. The molecule has 2 atom stereocenters. The second-order valence-corrected chi connectivity index (χ2v) is 6.63. The maximum atomic E-state index is 13.4. The van der Waals surface area contributed by atoms with Crippen molar-refractivity contribution in [2.75, 3.05) is 6.54 Å². The normalized spacial score (nSPS) is 27.5. The molecule has 0 saturated heterocycles. The Morgan fingerprint density at radius 1 is 1.53 bits per heavy atom. The van der Waals surface area contributed by atoms with Crippen LogP contribution in [0.25, 0.3) is 0 Å². The number of rotatable bonds is 4. The number of nitrogens with one attached hydrogen (secondary N) is 1. The summed E-state index contributed by atoms with van der Waals surface area (Å²) >= 11 is 3.14. The van der Waals surface area contributed by atoms with Crippen molar-refractivity contribution in [3.05, 3.63) is 34.1 Å². The zero-order chi connectivity index (χ0) is 13.9. The Morgan fingerprint density at radius 2 is 2.32 bits per heavy atom. The summed E-state index contributed by atoms with van der Waals surface area (Å²) in [6.07, 6.45) is 4.01. The largest absolute Gasteiger partial charge is 0.389 e. The topological polar surface area (TPSA) is 32.3 Å². The Bertz CT molecular complexity index is 440. The average Bonchev–Trinajstić information content (AvgIpc) is 2.33. The van der Waals surface area contributed by atoms with E-state index < -0.39 is 5.60 Å². The molecule has 1 aromatic rings. The quantitative estimate of drug-likeness (QED) is 0.884. The molecule has 1 saturated carbocycles. The average molecular weight is 330 g/mol. The Hall–Kier alpha value is -0.450. The third-order valence-corrected chi connectivity index (χ3v) is 4.48. The number of aliphatic hydroxyl groups is 1. The molecule has 1 aromatic carbocycles. The van der Waals surface area contributed by atoms with Crippen LogP contribution in [-0.2, 0) is 6.54 Å². The zero-order valence-corrected chi connectivity index (χ0v) is 12.8. The van der Waals surface area contributed by atoms with Gasteiger partial charge in [-0.15, -0.1) is 0 Å². The summed E-state index contributed by atoms with van der Waals surface area (Å²) in [5, 5.41) is 13.7. The summed E-state index contributed by atoms with van der Waals surface area (Å²) in [5.41, 5.74) is 0.305. The molecule has 2 N–H and O–H groups in total. The van der Waals surface area contributed by atoms with Gasteiger partial charge in [-0.2, -0.15) is 0 Å². The van der Waals surface area contributed by atoms with Gasteiger partial charge in [0.15, 0.2) is 0 Å². The SMILES string of the molecule is CC1CCCC(O)(CNCc2ccc(Br)c(F)c2)C1. The minimum atomic E-state index is -0.592. The molecule has 106 valence electrons. The smallest absolute Gasteiger partial charge is 0.137 e. The molecule has 0 radical (unpaired) electrons. The van der Waals surface area contributed by atoms with E-state index in [1.54, 1.807) is 6.07 Å². The molecule has 2 rings (SSSR count). The molecule has 0 amide bonds. The predicted molar refractivity (Wildman–Crippen MR) is 78.4 cm³/mol. The monoisotopic (exact) mass is 329 g/mol. The van der Waals surface area contributed by atoms with Gasteiger partial charge in [-0.25, -0.2) is 4.39 Å². The van der Waals surface area contributed by atoms with Gasteiger partial charge in [0, 0.05) is 13.1 Å². The zero-order valence-electron chi connectivity index (χ0n) is 11.3. The lowest BCUT2D eigenvalue weighted by molar-refractivity contribution is -0.0119. The van der Waals surface area contributed by atoms with Crippen LogP contribution in [0.1, 0.15) is 38.2 Å². The van der Waals surface area contributed by atoms with Crippen LogP contribution in [0.15, 0.2) is 22.7 Å². The molecule has 4 heteroatoms. The molecule has 0 aromatic heterocycles. The minimum absolute atomic E-state index is 0.246. The van der Waals surface area contributed by atoms with Crippen LogP contribution in [-0.4, -0.2) is 17.3 Å². The first-order chi connectivity index (χ1) is 8.98. The van der Waals surface area contributed by atoms with Crippen LogP contribution in [0.2, 0.25) is 0 Å². The van der Waals surface area contributed by atoms with E-state index in [0.717, 1.165) is 24.8 Å². The summed E-state index contributed by atoms with van der Waals surface area (Å²) in [5.74, 6) is 0.343. The van der Waals surface area contributed by atoms with Gasteiger partial charge in [0.25, 0.3) is 0 Å². The standard InChI is InChI=1S/C15H21BrFNO/c1-11-3-2-6-15(19,8-11)10-18-9-12-4-5-13(16)14(17)7-12/h4-5,7,11,18-19H,2-3,6,8-10H2,1H3. The van der Waals surface area contributed by atoms with Crippen molar-refractivity contribution in [2.24, 2.45) is 5.92 Å². The third-order valence-electron chi connectivity index (χ3n) is 3.83. The second-order valence-electron chi connectivity index (χ2n) is 5.78. The Morgan fingerprint density at radius 3 is 3.00 bits per heavy atom. The van der Waals surface area contributed by atoms with Gasteiger partial charge in [0.2, 0.25) is 0 Å². The summed E-state index contributed by atoms with van der Waals surface area (Å²) in [6.45, 7) is 3.35. The molecule has 19 heavy (non-hydrogen) atoms. The molecule has 1 fully saturated rings. The van der Waals surface area contributed by atoms with E-state index in [9.17, 15) is 9.50 Å². The van der Waals surface area contributed by atoms with Crippen molar-refractivity contribution in [3.63, 3.8) is 0 Å². The maximum Gasteiger partial charge on any atom is 0.137 e. The number of hydrogen-bond acceptors (Lipinski definition) is 2. The molecule has 1 aliphatic carbocycles. The van der Waals surface area contributed by atoms with Gasteiger partial charge in [-0.1, -0.05) is 25.8 Å². The van der Waals surface area contributed by atoms with E-state index in [4.69, 9.17) is 0 Å². The van der Waals surface area contributed by atoms with Crippen molar-refractivity contribution >= 4 is 15.9 Å². The number of halogens is 2. The van der Waals surface area contributed by atoms with Gasteiger partial charge < -0.3 is 10.4 Å². The van der Waals surface area contributed by atoms with Crippen molar-refractivity contribution in [1.82, 2.24) is 5.32 Å². The van der Waals surface area contributed by atoms with Crippen LogP contribution in [0.5, 0.6) is 0 Å². The van der Waals surface area contributed by atoms with E-state index in [-0.39, 0.29) is 5.82 Å². The maximum absolute atomic E-state index is 13.4. The second kappa shape index (κ2) is 6.33. The number of benzene rings is 1. The molecule has 0 spiro atoms. The van der Waals surface area contributed by atoms with Crippen LogP contribution < -0.4 is 5.32 Å². The highest BCUT2D eigenvalue weighted by molar-refractivity contribution is 9.10. The van der Waals surface area contributed by atoms with Crippen molar-refractivity contribution in [2.45, 2.75) is 44.8 Å². The van der Waals surface area contributed by atoms with Crippen LogP contribution in [0.3, 0.4) is 0 Å². The lowest BCUT2D eigenvalue weighted by atomic mass is 9.79. The Kier molecular flexibility index (Phi) is 4.98. The lowest BCUT2D eigenvalue weighted by Gasteiger charge is -2.35. The van der Waals surface area contributed by atoms with E-state index >= 15 is 0 Å². The van der Waals surface area contributed by atoms with E-state index in [1.807, 2.05) is 6.07 Å². The molecule has 0 bridgehead atoms. The predicted octanol–water partition coefficient (Wildman–Crippen LogP) is 3.62.